The number of nitrogens with zero attached hydrogens (tertiary/aromatic N) is 1. The monoisotopic (exact) mass is 398 g/mol. The van der Waals surface area contributed by atoms with Crippen molar-refractivity contribution in [3.63, 3.8) is 0 Å². The molecular weight excluding hydrogens is 372 g/mol. The van der Waals surface area contributed by atoms with Gasteiger partial charge in [-0.1, -0.05) is 6.07 Å². The standard InChI is InChI=1S/C22H26N2O5/c1-27-14-22(26)24-10-4-5-16-13-17(7-8-18(16)24)23-21(25)12-15-6-9-19(28-2)20(11-15)29-3/h6-9,11,13H,4-5,10,12,14H2,1-3H3,(H,23,25). The number of carbonyl (C=O) groups is 2. The highest BCUT2D eigenvalue weighted by molar-refractivity contribution is 5.97. The number of aryl methyl sites for hydroxylation is 1. The molecule has 0 radical (unpaired) electrons. The van der Waals surface area contributed by atoms with E-state index in [1.807, 2.05) is 24.3 Å². The largest absolute Gasteiger partial charge is 0.493 e. The third-order valence-corrected chi connectivity index (χ3v) is 4.86. The van der Waals surface area contributed by atoms with Crippen LogP contribution in [-0.2, 0) is 27.2 Å². The van der Waals surface area contributed by atoms with E-state index in [1.165, 1.54) is 7.11 Å². The van der Waals surface area contributed by atoms with Gasteiger partial charge in [0, 0.05) is 25.0 Å². The van der Waals surface area contributed by atoms with Crippen LogP contribution in [0.25, 0.3) is 0 Å². The van der Waals surface area contributed by atoms with Gasteiger partial charge in [0.05, 0.1) is 20.6 Å². The zero-order valence-electron chi connectivity index (χ0n) is 17.0. The molecule has 0 saturated carbocycles. The summed E-state index contributed by atoms with van der Waals surface area (Å²) in [5, 5.41) is 2.94. The van der Waals surface area contributed by atoms with Crippen LogP contribution in [0.3, 0.4) is 0 Å². The minimum absolute atomic E-state index is 0.0568. The first kappa shape index (κ1) is 20.7. The first-order valence-corrected chi connectivity index (χ1v) is 9.48. The molecule has 0 atom stereocenters. The molecule has 2 aromatic carbocycles. The second-order valence-corrected chi connectivity index (χ2v) is 6.84. The van der Waals surface area contributed by atoms with Crippen LogP contribution in [0.5, 0.6) is 11.5 Å². The van der Waals surface area contributed by atoms with Gasteiger partial charge in [0.25, 0.3) is 5.91 Å². The van der Waals surface area contributed by atoms with Crippen molar-refractivity contribution in [2.45, 2.75) is 19.3 Å². The summed E-state index contributed by atoms with van der Waals surface area (Å²) in [6.45, 7) is 0.740. The molecular formula is C22H26N2O5. The highest BCUT2D eigenvalue weighted by Gasteiger charge is 2.22. The van der Waals surface area contributed by atoms with Crippen molar-refractivity contribution >= 4 is 23.2 Å². The summed E-state index contributed by atoms with van der Waals surface area (Å²) < 4.78 is 15.5. The van der Waals surface area contributed by atoms with Crippen LogP contribution in [0.2, 0.25) is 0 Å². The number of methoxy groups -OCH3 is 3. The Labute approximate surface area is 170 Å². The van der Waals surface area contributed by atoms with Crippen LogP contribution in [0.4, 0.5) is 11.4 Å². The number of anilines is 2. The zero-order valence-corrected chi connectivity index (χ0v) is 17.0. The maximum Gasteiger partial charge on any atom is 0.252 e. The van der Waals surface area contributed by atoms with Gasteiger partial charge in [-0.25, -0.2) is 0 Å². The number of fused-ring (bicyclic) bond motifs is 1. The molecule has 0 fully saturated rings. The van der Waals surface area contributed by atoms with Crippen LogP contribution in [-0.4, -0.2) is 46.3 Å². The molecule has 2 amide bonds. The van der Waals surface area contributed by atoms with Crippen LogP contribution in [0.15, 0.2) is 36.4 Å². The Hall–Kier alpha value is -3.06. The Kier molecular flexibility index (Phi) is 6.72. The number of nitrogens with one attached hydrogen (secondary N) is 1. The number of ether oxygens (including phenoxy) is 3. The van der Waals surface area contributed by atoms with Gasteiger partial charge >= 0.3 is 0 Å². The lowest BCUT2D eigenvalue weighted by Crippen LogP contribution is -2.37. The van der Waals surface area contributed by atoms with Crippen molar-refractivity contribution in [1.29, 1.82) is 0 Å². The number of carbonyl (C=O) groups excluding carboxylic acids is 2. The van der Waals surface area contributed by atoms with Crippen molar-refractivity contribution < 1.29 is 23.8 Å². The average molecular weight is 398 g/mol. The fourth-order valence-corrected chi connectivity index (χ4v) is 3.52. The molecule has 1 heterocycles. The Morgan fingerprint density at radius 2 is 1.83 bits per heavy atom. The van der Waals surface area contributed by atoms with E-state index < -0.39 is 0 Å². The lowest BCUT2D eigenvalue weighted by atomic mass is 10.0. The van der Waals surface area contributed by atoms with E-state index in [0.29, 0.717) is 18.0 Å². The van der Waals surface area contributed by atoms with E-state index >= 15 is 0 Å². The Morgan fingerprint density at radius 3 is 2.55 bits per heavy atom. The Morgan fingerprint density at radius 1 is 1.03 bits per heavy atom. The molecule has 2 aromatic rings. The fourth-order valence-electron chi connectivity index (χ4n) is 3.52. The summed E-state index contributed by atoms with van der Waals surface area (Å²) in [5.74, 6) is 1.03. The van der Waals surface area contributed by atoms with E-state index in [2.05, 4.69) is 5.32 Å². The van der Waals surface area contributed by atoms with E-state index in [1.54, 1.807) is 31.3 Å². The number of amides is 2. The minimum atomic E-state index is -0.125. The number of hydrogen-bond acceptors (Lipinski definition) is 5. The molecule has 0 aliphatic carbocycles. The van der Waals surface area contributed by atoms with E-state index in [9.17, 15) is 9.59 Å². The molecule has 0 saturated heterocycles. The molecule has 1 N–H and O–H groups in total. The molecule has 154 valence electrons. The first-order valence-electron chi connectivity index (χ1n) is 9.48. The second-order valence-electron chi connectivity index (χ2n) is 6.84. The highest BCUT2D eigenvalue weighted by Crippen LogP contribution is 2.30. The maximum absolute atomic E-state index is 12.5. The average Bonchev–Trinajstić information content (AvgIpc) is 2.73. The minimum Gasteiger partial charge on any atom is -0.493 e. The molecule has 1 aliphatic rings. The number of hydrogen-bond donors (Lipinski definition) is 1. The van der Waals surface area contributed by atoms with Gasteiger partial charge < -0.3 is 24.4 Å². The predicted octanol–water partition coefficient (Wildman–Crippen LogP) is 2.81. The van der Waals surface area contributed by atoms with E-state index in [0.717, 1.165) is 35.3 Å². The summed E-state index contributed by atoms with van der Waals surface area (Å²) in [5.41, 5.74) is 3.48. The van der Waals surface area contributed by atoms with Crippen LogP contribution in [0.1, 0.15) is 17.5 Å². The van der Waals surface area contributed by atoms with Gasteiger partial charge in [-0.2, -0.15) is 0 Å². The first-order chi connectivity index (χ1) is 14.0. The van der Waals surface area contributed by atoms with Gasteiger partial charge in [0.1, 0.15) is 6.61 Å². The SMILES string of the molecule is COCC(=O)N1CCCc2cc(NC(=O)Cc3ccc(OC)c(OC)c3)ccc21. The van der Waals surface area contributed by atoms with Crippen molar-refractivity contribution in [2.75, 3.05) is 44.7 Å². The van der Waals surface area contributed by atoms with Crippen molar-refractivity contribution in [2.24, 2.45) is 0 Å². The Bertz CT molecular complexity index is 897. The van der Waals surface area contributed by atoms with Crippen LogP contribution in [0, 0.1) is 0 Å². The van der Waals surface area contributed by atoms with Gasteiger partial charge in [0.2, 0.25) is 5.91 Å². The van der Waals surface area contributed by atoms with E-state index in [4.69, 9.17) is 14.2 Å². The third kappa shape index (κ3) is 4.86. The van der Waals surface area contributed by atoms with Crippen LogP contribution >= 0.6 is 0 Å². The Balaban J connectivity index is 1.69. The summed E-state index contributed by atoms with van der Waals surface area (Å²) in [4.78, 5) is 26.5. The summed E-state index contributed by atoms with van der Waals surface area (Å²) in [6.07, 6.45) is 1.97. The van der Waals surface area contributed by atoms with Gasteiger partial charge in [-0.3, -0.25) is 9.59 Å². The van der Waals surface area contributed by atoms with Gasteiger partial charge in [-0.05, 0) is 54.3 Å². The number of rotatable bonds is 7. The maximum atomic E-state index is 12.5. The molecule has 3 rings (SSSR count). The second kappa shape index (κ2) is 9.43. The quantitative estimate of drug-likeness (QED) is 0.776. The highest BCUT2D eigenvalue weighted by atomic mass is 16.5. The molecule has 7 nitrogen and oxygen atoms in total. The smallest absolute Gasteiger partial charge is 0.252 e. The van der Waals surface area contributed by atoms with E-state index in [-0.39, 0.29) is 24.8 Å². The third-order valence-electron chi connectivity index (χ3n) is 4.86. The van der Waals surface area contributed by atoms with Crippen molar-refractivity contribution in [3.05, 3.63) is 47.5 Å². The molecule has 0 bridgehead atoms. The molecule has 0 spiro atoms. The summed E-state index contributed by atoms with van der Waals surface area (Å²) in [6, 6.07) is 11.1. The van der Waals surface area contributed by atoms with Gasteiger partial charge in [0.15, 0.2) is 11.5 Å². The summed E-state index contributed by atoms with van der Waals surface area (Å²) >= 11 is 0. The van der Waals surface area contributed by atoms with Crippen molar-refractivity contribution in [3.8, 4) is 11.5 Å². The molecule has 1 aliphatic heterocycles. The molecule has 0 aromatic heterocycles. The zero-order chi connectivity index (χ0) is 20.8. The predicted molar refractivity (Wildman–Crippen MR) is 111 cm³/mol. The topological polar surface area (TPSA) is 77.1 Å². The normalized spacial score (nSPS) is 12.9. The molecule has 29 heavy (non-hydrogen) atoms. The van der Waals surface area contributed by atoms with Gasteiger partial charge in [-0.15, -0.1) is 0 Å². The fraction of sp³-hybridized carbons (Fsp3) is 0.364. The molecule has 0 unspecified atom stereocenters. The van der Waals surface area contributed by atoms with Crippen LogP contribution < -0.4 is 19.7 Å². The summed E-state index contributed by atoms with van der Waals surface area (Å²) in [7, 11) is 4.65. The lowest BCUT2D eigenvalue weighted by molar-refractivity contribution is -0.122. The molecule has 7 heteroatoms. The lowest BCUT2D eigenvalue weighted by Gasteiger charge is -2.29. The number of benzene rings is 2. The van der Waals surface area contributed by atoms with Crippen molar-refractivity contribution in [1.82, 2.24) is 0 Å².